The zero-order valence-corrected chi connectivity index (χ0v) is 16.2. The van der Waals surface area contributed by atoms with Crippen LogP contribution in [0.4, 0.5) is 11.4 Å². The van der Waals surface area contributed by atoms with E-state index in [0.717, 1.165) is 22.2 Å². The van der Waals surface area contributed by atoms with Crippen LogP contribution in [0.3, 0.4) is 0 Å². The molecule has 2 aromatic carbocycles. The summed E-state index contributed by atoms with van der Waals surface area (Å²) in [5.41, 5.74) is 3.01. The fraction of sp³-hybridized carbons (Fsp3) is 0.100. The smallest absolute Gasteiger partial charge is 0.271 e. The van der Waals surface area contributed by atoms with E-state index in [1.807, 2.05) is 31.2 Å². The van der Waals surface area contributed by atoms with Gasteiger partial charge in [0.15, 0.2) is 4.32 Å². The number of hydrogen-bond acceptors (Lipinski definition) is 5. The predicted molar refractivity (Wildman–Crippen MR) is 110 cm³/mol. The summed E-state index contributed by atoms with van der Waals surface area (Å²) in [7, 11) is 0. The number of nitrogens with zero attached hydrogens (tertiary/aromatic N) is 2. The van der Waals surface area contributed by atoms with Gasteiger partial charge in [-0.25, -0.2) is 4.90 Å². The molecule has 0 atom stereocenters. The molecule has 0 aliphatic carbocycles. The lowest BCUT2D eigenvalue weighted by atomic mass is 10.1. The Labute approximate surface area is 165 Å². The molecule has 4 rings (SSSR count). The van der Waals surface area contributed by atoms with Crippen LogP contribution in [0, 0.1) is 6.92 Å². The number of thiocarbonyl (C=S) groups is 1. The van der Waals surface area contributed by atoms with Crippen molar-refractivity contribution in [3.05, 3.63) is 64.6 Å². The molecule has 5 nitrogen and oxygen atoms in total. The standard InChI is InChI=1S/C20H14N2O3S2/c1-11-7-9-13(10-8-11)22-19(25)17(27-20(22)26)16-14-5-3-4-6-15(14)21(12(2)23)18(16)24/h3-10H,1-2H3. The first-order valence-corrected chi connectivity index (χ1v) is 9.44. The Balaban J connectivity index is 1.85. The number of rotatable bonds is 1. The van der Waals surface area contributed by atoms with Gasteiger partial charge < -0.3 is 0 Å². The molecule has 1 fully saturated rings. The summed E-state index contributed by atoms with van der Waals surface area (Å²) in [5.74, 6) is -1.23. The van der Waals surface area contributed by atoms with Crippen molar-refractivity contribution < 1.29 is 14.4 Å². The molecule has 134 valence electrons. The number of para-hydroxylation sites is 1. The number of amides is 3. The average Bonchev–Trinajstić information content (AvgIpc) is 3.08. The van der Waals surface area contributed by atoms with E-state index in [0.29, 0.717) is 21.3 Å². The van der Waals surface area contributed by atoms with Crippen LogP contribution in [-0.4, -0.2) is 22.0 Å². The summed E-state index contributed by atoms with van der Waals surface area (Å²) in [4.78, 5) is 40.8. The number of benzene rings is 2. The zero-order chi connectivity index (χ0) is 19.3. The summed E-state index contributed by atoms with van der Waals surface area (Å²) in [5, 5.41) is 0. The van der Waals surface area contributed by atoms with Gasteiger partial charge in [-0.2, -0.15) is 0 Å². The topological polar surface area (TPSA) is 57.7 Å². The molecule has 0 aromatic heterocycles. The summed E-state index contributed by atoms with van der Waals surface area (Å²) in [6.07, 6.45) is 0. The highest BCUT2D eigenvalue weighted by Gasteiger charge is 2.43. The molecule has 3 amide bonds. The van der Waals surface area contributed by atoms with Crippen LogP contribution >= 0.6 is 24.0 Å². The first kappa shape index (κ1) is 17.6. The molecule has 2 aliphatic heterocycles. The molecule has 1 saturated heterocycles. The summed E-state index contributed by atoms with van der Waals surface area (Å²) >= 11 is 6.49. The number of carbonyl (C=O) groups excluding carboxylic acids is 3. The van der Waals surface area contributed by atoms with Crippen LogP contribution in [0.1, 0.15) is 18.1 Å². The van der Waals surface area contributed by atoms with Crippen LogP contribution in [0.2, 0.25) is 0 Å². The fourth-order valence-electron chi connectivity index (χ4n) is 3.18. The van der Waals surface area contributed by atoms with E-state index < -0.39 is 11.8 Å². The van der Waals surface area contributed by atoms with Gasteiger partial charge in [0.05, 0.1) is 21.9 Å². The Morgan fingerprint density at radius 2 is 1.67 bits per heavy atom. The molecule has 0 radical (unpaired) electrons. The molecule has 2 heterocycles. The van der Waals surface area contributed by atoms with Crippen molar-refractivity contribution in [2.24, 2.45) is 0 Å². The highest BCUT2D eigenvalue weighted by molar-refractivity contribution is 8.27. The number of imide groups is 1. The van der Waals surface area contributed by atoms with Crippen LogP contribution < -0.4 is 9.80 Å². The maximum atomic E-state index is 13.1. The minimum absolute atomic E-state index is 0.229. The minimum atomic E-state index is -0.492. The van der Waals surface area contributed by atoms with Gasteiger partial charge in [-0.3, -0.25) is 19.3 Å². The van der Waals surface area contributed by atoms with Crippen LogP contribution in [-0.2, 0) is 14.4 Å². The first-order valence-electron chi connectivity index (χ1n) is 8.22. The highest BCUT2D eigenvalue weighted by Crippen LogP contribution is 2.45. The Morgan fingerprint density at radius 3 is 2.33 bits per heavy atom. The lowest BCUT2D eigenvalue weighted by Crippen LogP contribution is -2.32. The molecule has 0 unspecified atom stereocenters. The van der Waals surface area contributed by atoms with Crippen molar-refractivity contribution in [2.45, 2.75) is 13.8 Å². The number of anilines is 2. The zero-order valence-electron chi connectivity index (χ0n) is 14.6. The molecular weight excluding hydrogens is 380 g/mol. The quantitative estimate of drug-likeness (QED) is 0.546. The molecule has 0 bridgehead atoms. The van der Waals surface area contributed by atoms with E-state index in [4.69, 9.17) is 12.2 Å². The van der Waals surface area contributed by atoms with E-state index in [1.165, 1.54) is 11.8 Å². The van der Waals surface area contributed by atoms with Gasteiger partial charge in [0, 0.05) is 12.5 Å². The summed E-state index contributed by atoms with van der Waals surface area (Å²) in [6.45, 7) is 3.29. The average molecular weight is 394 g/mol. The van der Waals surface area contributed by atoms with Crippen molar-refractivity contribution in [3.8, 4) is 0 Å². The monoisotopic (exact) mass is 394 g/mol. The fourth-order valence-corrected chi connectivity index (χ4v) is 4.55. The van der Waals surface area contributed by atoms with Crippen molar-refractivity contribution in [2.75, 3.05) is 9.80 Å². The van der Waals surface area contributed by atoms with Crippen LogP contribution in [0.25, 0.3) is 5.57 Å². The van der Waals surface area contributed by atoms with Gasteiger partial charge in [0.25, 0.3) is 11.8 Å². The third-order valence-electron chi connectivity index (χ3n) is 4.43. The Bertz CT molecular complexity index is 1060. The second-order valence-electron chi connectivity index (χ2n) is 6.22. The summed E-state index contributed by atoms with van der Waals surface area (Å²) < 4.78 is 0.359. The van der Waals surface area contributed by atoms with E-state index >= 15 is 0 Å². The third-order valence-corrected chi connectivity index (χ3v) is 5.81. The van der Waals surface area contributed by atoms with E-state index in [-0.39, 0.29) is 16.4 Å². The van der Waals surface area contributed by atoms with Crippen LogP contribution in [0.5, 0.6) is 0 Å². The Hall–Kier alpha value is -2.77. The molecule has 0 N–H and O–H groups in total. The number of thioether (sulfide) groups is 1. The predicted octanol–water partition coefficient (Wildman–Crippen LogP) is 3.66. The van der Waals surface area contributed by atoms with Crippen molar-refractivity contribution >= 4 is 63.0 Å². The molecular formula is C20H14N2O3S2. The number of fused-ring (bicyclic) bond motifs is 1. The number of hydrogen-bond donors (Lipinski definition) is 0. The number of aryl methyl sites for hydroxylation is 1. The van der Waals surface area contributed by atoms with Gasteiger partial charge in [-0.1, -0.05) is 59.9 Å². The number of carbonyl (C=O) groups is 3. The molecule has 7 heteroatoms. The lowest BCUT2D eigenvalue weighted by Gasteiger charge is -2.14. The van der Waals surface area contributed by atoms with E-state index in [2.05, 4.69) is 0 Å². The highest BCUT2D eigenvalue weighted by atomic mass is 32.2. The molecule has 2 aliphatic rings. The Kier molecular flexibility index (Phi) is 4.20. The second-order valence-corrected chi connectivity index (χ2v) is 7.87. The van der Waals surface area contributed by atoms with Gasteiger partial charge >= 0.3 is 0 Å². The maximum absolute atomic E-state index is 13.1. The maximum Gasteiger partial charge on any atom is 0.271 e. The first-order chi connectivity index (χ1) is 12.9. The molecule has 0 spiro atoms. The third kappa shape index (κ3) is 2.70. The lowest BCUT2D eigenvalue weighted by molar-refractivity contribution is -0.122. The second kappa shape index (κ2) is 6.44. The molecule has 27 heavy (non-hydrogen) atoms. The van der Waals surface area contributed by atoms with Crippen molar-refractivity contribution in [1.29, 1.82) is 0 Å². The van der Waals surface area contributed by atoms with Crippen molar-refractivity contribution in [1.82, 2.24) is 0 Å². The molecule has 0 saturated carbocycles. The van der Waals surface area contributed by atoms with Crippen LogP contribution in [0.15, 0.2) is 53.4 Å². The summed E-state index contributed by atoms with van der Waals surface area (Å²) in [6, 6.07) is 14.4. The Morgan fingerprint density at radius 1 is 1.00 bits per heavy atom. The largest absolute Gasteiger partial charge is 0.274 e. The van der Waals surface area contributed by atoms with Gasteiger partial charge in [0.2, 0.25) is 5.91 Å². The van der Waals surface area contributed by atoms with Gasteiger partial charge in [-0.05, 0) is 25.1 Å². The van der Waals surface area contributed by atoms with E-state index in [9.17, 15) is 14.4 Å². The van der Waals surface area contributed by atoms with Gasteiger partial charge in [0.1, 0.15) is 0 Å². The minimum Gasteiger partial charge on any atom is -0.274 e. The normalized spacial score (nSPS) is 19.1. The molecule has 2 aromatic rings. The SMILES string of the molecule is CC(=O)N1C(=O)C(=C2SC(=S)N(c3ccc(C)cc3)C2=O)c2ccccc21. The van der Waals surface area contributed by atoms with Crippen molar-refractivity contribution in [3.63, 3.8) is 0 Å². The van der Waals surface area contributed by atoms with Gasteiger partial charge in [-0.15, -0.1) is 0 Å². The van der Waals surface area contributed by atoms with E-state index in [1.54, 1.807) is 24.3 Å².